The van der Waals surface area contributed by atoms with Gasteiger partial charge in [0.25, 0.3) is 0 Å². The molecule has 0 aliphatic rings. The van der Waals surface area contributed by atoms with E-state index in [0.29, 0.717) is 0 Å². The third kappa shape index (κ3) is 2.60. The molecule has 0 aliphatic heterocycles. The SMILES string of the molecule is COc1ccc([O-])cc1.[Na+]. The first-order valence-corrected chi connectivity index (χ1v) is 2.64. The van der Waals surface area contributed by atoms with Crippen LogP contribution in [-0.4, -0.2) is 7.11 Å². The average molecular weight is 146 g/mol. The summed E-state index contributed by atoms with van der Waals surface area (Å²) in [5, 5.41) is 10.5. The second kappa shape index (κ2) is 4.61. The molecule has 10 heavy (non-hydrogen) atoms. The third-order valence-corrected chi connectivity index (χ3v) is 1.06. The molecule has 0 radical (unpaired) electrons. The van der Waals surface area contributed by atoms with E-state index in [1.54, 1.807) is 19.2 Å². The van der Waals surface area contributed by atoms with E-state index in [0.717, 1.165) is 5.75 Å². The largest absolute Gasteiger partial charge is 1.00 e. The van der Waals surface area contributed by atoms with Crippen molar-refractivity contribution < 1.29 is 39.4 Å². The average Bonchev–Trinajstić information content (AvgIpc) is 1.90. The predicted octanol–water partition coefficient (Wildman–Crippen LogP) is -2.23. The zero-order chi connectivity index (χ0) is 6.69. The topological polar surface area (TPSA) is 32.3 Å². The summed E-state index contributed by atoms with van der Waals surface area (Å²) in [6.07, 6.45) is 0. The number of rotatable bonds is 1. The second-order valence-corrected chi connectivity index (χ2v) is 1.68. The smallest absolute Gasteiger partial charge is 0.872 e. The van der Waals surface area contributed by atoms with Crippen molar-refractivity contribution in [3.63, 3.8) is 0 Å². The van der Waals surface area contributed by atoms with Crippen molar-refractivity contribution in [2.75, 3.05) is 7.11 Å². The number of ether oxygens (including phenoxy) is 1. The predicted molar refractivity (Wildman–Crippen MR) is 32.4 cm³/mol. The molecular formula is C7H7NaO2. The van der Waals surface area contributed by atoms with E-state index in [4.69, 9.17) is 4.74 Å². The van der Waals surface area contributed by atoms with Gasteiger partial charge in [0.15, 0.2) is 0 Å². The van der Waals surface area contributed by atoms with Gasteiger partial charge in [0.05, 0.1) is 7.11 Å². The molecule has 1 rings (SSSR count). The normalized spacial score (nSPS) is 8.10. The van der Waals surface area contributed by atoms with Crippen molar-refractivity contribution in [2.24, 2.45) is 0 Å². The fourth-order valence-corrected chi connectivity index (χ4v) is 0.576. The minimum atomic E-state index is 0. The fourth-order valence-electron chi connectivity index (χ4n) is 0.576. The van der Waals surface area contributed by atoms with Gasteiger partial charge in [-0.3, -0.25) is 0 Å². The van der Waals surface area contributed by atoms with Gasteiger partial charge < -0.3 is 9.84 Å². The van der Waals surface area contributed by atoms with Crippen LogP contribution in [0.4, 0.5) is 0 Å². The fraction of sp³-hybridized carbons (Fsp3) is 0.143. The van der Waals surface area contributed by atoms with Crippen LogP contribution in [0.3, 0.4) is 0 Å². The van der Waals surface area contributed by atoms with Crippen LogP contribution < -0.4 is 39.4 Å². The van der Waals surface area contributed by atoms with Crippen LogP contribution in [0, 0.1) is 0 Å². The second-order valence-electron chi connectivity index (χ2n) is 1.68. The molecule has 0 aliphatic carbocycles. The summed E-state index contributed by atoms with van der Waals surface area (Å²) in [5.41, 5.74) is 0. The molecule has 0 saturated heterocycles. The Kier molecular flexibility index (Phi) is 4.52. The van der Waals surface area contributed by atoms with Gasteiger partial charge in [-0.2, -0.15) is 0 Å². The summed E-state index contributed by atoms with van der Waals surface area (Å²) < 4.78 is 4.83. The molecule has 0 atom stereocenters. The summed E-state index contributed by atoms with van der Waals surface area (Å²) >= 11 is 0. The Labute approximate surface area is 82.1 Å². The molecule has 1 aromatic rings. The van der Waals surface area contributed by atoms with Gasteiger partial charge in [-0.15, -0.1) is 5.75 Å². The quantitative estimate of drug-likeness (QED) is 0.420. The Balaban J connectivity index is 0.000000810. The zero-order valence-corrected chi connectivity index (χ0v) is 8.13. The molecule has 0 N–H and O–H groups in total. The Bertz CT molecular complexity index is 183. The molecule has 0 fully saturated rings. The third-order valence-electron chi connectivity index (χ3n) is 1.06. The Morgan fingerprint density at radius 3 is 2.10 bits per heavy atom. The van der Waals surface area contributed by atoms with Gasteiger partial charge in [-0.25, -0.2) is 0 Å². The van der Waals surface area contributed by atoms with Gasteiger partial charge in [0.1, 0.15) is 5.75 Å². The van der Waals surface area contributed by atoms with Crippen LogP contribution in [0.2, 0.25) is 0 Å². The first-order valence-electron chi connectivity index (χ1n) is 2.64. The molecule has 2 nitrogen and oxygen atoms in total. The Hall–Kier alpha value is -0.180. The molecule has 0 aromatic heterocycles. The van der Waals surface area contributed by atoms with Gasteiger partial charge in [-0.1, -0.05) is 12.1 Å². The Morgan fingerprint density at radius 1 is 1.20 bits per heavy atom. The maximum absolute atomic E-state index is 10.5. The van der Waals surface area contributed by atoms with Crippen molar-refractivity contribution >= 4 is 0 Å². The van der Waals surface area contributed by atoms with E-state index in [1.165, 1.54) is 12.1 Å². The van der Waals surface area contributed by atoms with E-state index in [9.17, 15) is 5.11 Å². The van der Waals surface area contributed by atoms with Crippen LogP contribution in [-0.2, 0) is 0 Å². The molecule has 0 heterocycles. The van der Waals surface area contributed by atoms with E-state index >= 15 is 0 Å². The maximum Gasteiger partial charge on any atom is 1.00 e. The Morgan fingerprint density at radius 2 is 1.70 bits per heavy atom. The molecular weight excluding hydrogens is 139 g/mol. The minimum Gasteiger partial charge on any atom is -0.872 e. The van der Waals surface area contributed by atoms with Crippen molar-refractivity contribution in [1.29, 1.82) is 0 Å². The number of hydrogen-bond donors (Lipinski definition) is 0. The van der Waals surface area contributed by atoms with Gasteiger partial charge in [0.2, 0.25) is 0 Å². The monoisotopic (exact) mass is 146 g/mol. The van der Waals surface area contributed by atoms with Crippen LogP contribution in [0.5, 0.6) is 11.5 Å². The van der Waals surface area contributed by atoms with Gasteiger partial charge >= 0.3 is 29.6 Å². The first kappa shape index (κ1) is 9.82. The maximum atomic E-state index is 10.5. The minimum absolute atomic E-state index is 0. The number of methoxy groups -OCH3 is 1. The van der Waals surface area contributed by atoms with E-state index in [2.05, 4.69) is 0 Å². The molecule has 48 valence electrons. The first-order chi connectivity index (χ1) is 4.33. The van der Waals surface area contributed by atoms with Crippen molar-refractivity contribution in [3.05, 3.63) is 24.3 Å². The van der Waals surface area contributed by atoms with Crippen LogP contribution in [0.1, 0.15) is 0 Å². The molecule has 1 aromatic carbocycles. The summed E-state index contributed by atoms with van der Waals surface area (Å²) in [7, 11) is 1.57. The summed E-state index contributed by atoms with van der Waals surface area (Å²) in [6.45, 7) is 0. The molecule has 0 unspecified atom stereocenters. The summed E-state index contributed by atoms with van der Waals surface area (Å²) in [5.74, 6) is 0.727. The van der Waals surface area contributed by atoms with Crippen LogP contribution >= 0.6 is 0 Å². The molecule has 3 heteroatoms. The summed E-state index contributed by atoms with van der Waals surface area (Å²) in [4.78, 5) is 0. The molecule has 0 spiro atoms. The van der Waals surface area contributed by atoms with E-state index < -0.39 is 0 Å². The van der Waals surface area contributed by atoms with Crippen LogP contribution in [0.25, 0.3) is 0 Å². The van der Waals surface area contributed by atoms with Crippen molar-refractivity contribution in [1.82, 2.24) is 0 Å². The molecule has 0 bridgehead atoms. The number of hydrogen-bond acceptors (Lipinski definition) is 2. The standard InChI is InChI=1S/C7H8O2.Na/c1-9-7-4-2-6(8)3-5-7;/h2-5,8H,1H3;/q;+1/p-1. The van der Waals surface area contributed by atoms with Crippen LogP contribution in [0.15, 0.2) is 24.3 Å². The van der Waals surface area contributed by atoms with E-state index in [1.807, 2.05) is 0 Å². The van der Waals surface area contributed by atoms with Crippen molar-refractivity contribution in [2.45, 2.75) is 0 Å². The summed E-state index contributed by atoms with van der Waals surface area (Å²) in [6, 6.07) is 6.22. The van der Waals surface area contributed by atoms with Gasteiger partial charge in [-0.05, 0) is 12.1 Å². The van der Waals surface area contributed by atoms with Gasteiger partial charge in [0, 0.05) is 0 Å². The molecule has 0 saturated carbocycles. The van der Waals surface area contributed by atoms with Crippen molar-refractivity contribution in [3.8, 4) is 11.5 Å². The molecule has 0 amide bonds. The number of benzene rings is 1. The zero-order valence-electron chi connectivity index (χ0n) is 6.13. The van der Waals surface area contributed by atoms with E-state index in [-0.39, 0.29) is 35.3 Å².